The summed E-state index contributed by atoms with van der Waals surface area (Å²) >= 11 is 0. The molecule has 1 N–H and O–H groups in total. The van der Waals surface area contributed by atoms with Crippen molar-refractivity contribution in [2.75, 3.05) is 40.4 Å². The monoisotopic (exact) mass is 383 g/mol. The summed E-state index contributed by atoms with van der Waals surface area (Å²) in [6.07, 6.45) is 0. The Labute approximate surface area is 162 Å². The predicted molar refractivity (Wildman–Crippen MR) is 103 cm³/mol. The third-order valence-electron chi connectivity index (χ3n) is 5.06. The van der Waals surface area contributed by atoms with E-state index in [2.05, 4.69) is 5.32 Å². The van der Waals surface area contributed by atoms with Gasteiger partial charge in [-0.15, -0.1) is 0 Å². The lowest BCUT2D eigenvalue weighted by molar-refractivity contribution is -0.136. The molecule has 1 atom stereocenters. The number of anilines is 1. The Balaban J connectivity index is 1.94. The molecule has 0 bridgehead atoms. The highest BCUT2D eigenvalue weighted by atomic mass is 16.5. The van der Waals surface area contributed by atoms with Crippen LogP contribution in [-0.2, 0) is 9.53 Å². The lowest BCUT2D eigenvalue weighted by Crippen LogP contribution is -2.20. The zero-order valence-electron chi connectivity index (χ0n) is 16.1. The molecule has 2 aromatic carbocycles. The standard InChI is InChI=1S/C21H21NO6/c1-24-12-5-6-13-14(9-12)22-15-10-28-21(23)19(15)18(13)11-7-16(25-2)20(27-4)17(8-11)26-3/h5-9,18,22H,10H2,1-4H3/t18-/m0/s1. The third kappa shape index (κ3) is 2.70. The number of fused-ring (bicyclic) bond motifs is 1. The van der Waals surface area contributed by atoms with E-state index in [1.807, 2.05) is 30.3 Å². The zero-order chi connectivity index (χ0) is 19.8. The first-order valence-corrected chi connectivity index (χ1v) is 8.76. The first-order valence-electron chi connectivity index (χ1n) is 8.76. The molecular formula is C21H21NO6. The molecule has 7 nitrogen and oxygen atoms in total. The van der Waals surface area contributed by atoms with E-state index in [-0.39, 0.29) is 18.5 Å². The minimum Gasteiger partial charge on any atom is -0.497 e. The quantitative estimate of drug-likeness (QED) is 0.795. The van der Waals surface area contributed by atoms with Gasteiger partial charge in [-0.3, -0.25) is 0 Å². The summed E-state index contributed by atoms with van der Waals surface area (Å²) in [4.78, 5) is 12.5. The lowest BCUT2D eigenvalue weighted by atomic mass is 9.81. The van der Waals surface area contributed by atoms with Crippen molar-refractivity contribution < 1.29 is 28.5 Å². The molecule has 0 spiro atoms. The Kier molecular flexibility index (Phi) is 4.50. The number of benzene rings is 2. The predicted octanol–water partition coefficient (Wildman–Crippen LogP) is 3.09. The molecule has 4 rings (SSSR count). The summed E-state index contributed by atoms with van der Waals surface area (Å²) in [6.45, 7) is 0.214. The molecule has 7 heteroatoms. The normalized spacial score (nSPS) is 17.3. The van der Waals surface area contributed by atoms with E-state index in [1.54, 1.807) is 28.4 Å². The topological polar surface area (TPSA) is 75.3 Å². The number of carbonyl (C=O) groups is 1. The number of methoxy groups -OCH3 is 4. The first kappa shape index (κ1) is 18.0. The minimum absolute atomic E-state index is 0.214. The molecule has 0 aromatic heterocycles. The fourth-order valence-electron chi connectivity index (χ4n) is 3.77. The number of cyclic esters (lactones) is 1. The van der Waals surface area contributed by atoms with Crippen molar-refractivity contribution in [1.29, 1.82) is 0 Å². The van der Waals surface area contributed by atoms with Gasteiger partial charge < -0.3 is 29.0 Å². The van der Waals surface area contributed by atoms with Crippen molar-refractivity contribution >= 4 is 11.7 Å². The van der Waals surface area contributed by atoms with Crippen LogP contribution in [0.1, 0.15) is 17.0 Å². The molecule has 0 unspecified atom stereocenters. The fourth-order valence-corrected chi connectivity index (χ4v) is 3.77. The van der Waals surface area contributed by atoms with Gasteiger partial charge >= 0.3 is 5.97 Å². The van der Waals surface area contributed by atoms with Crippen LogP contribution in [0.15, 0.2) is 41.6 Å². The van der Waals surface area contributed by atoms with Crippen molar-refractivity contribution in [2.24, 2.45) is 0 Å². The van der Waals surface area contributed by atoms with Crippen molar-refractivity contribution in [1.82, 2.24) is 0 Å². The van der Waals surface area contributed by atoms with Crippen LogP contribution >= 0.6 is 0 Å². The number of carbonyl (C=O) groups excluding carboxylic acids is 1. The van der Waals surface area contributed by atoms with Crippen LogP contribution in [0.25, 0.3) is 0 Å². The highest BCUT2D eigenvalue weighted by molar-refractivity contribution is 5.97. The van der Waals surface area contributed by atoms with Gasteiger partial charge in [-0.05, 0) is 29.3 Å². The smallest absolute Gasteiger partial charge is 0.337 e. The van der Waals surface area contributed by atoms with Crippen molar-refractivity contribution in [3.05, 3.63) is 52.7 Å². The molecule has 0 aliphatic carbocycles. The molecule has 2 aliphatic rings. The highest BCUT2D eigenvalue weighted by Crippen LogP contribution is 2.48. The van der Waals surface area contributed by atoms with Gasteiger partial charge in [-0.1, -0.05) is 6.07 Å². The van der Waals surface area contributed by atoms with Gasteiger partial charge in [0.2, 0.25) is 5.75 Å². The maximum Gasteiger partial charge on any atom is 0.337 e. The van der Waals surface area contributed by atoms with Gasteiger partial charge in [0.1, 0.15) is 12.4 Å². The number of nitrogens with one attached hydrogen (secondary N) is 1. The second-order valence-electron chi connectivity index (χ2n) is 6.44. The minimum atomic E-state index is -0.333. The molecule has 146 valence electrons. The van der Waals surface area contributed by atoms with E-state index in [0.717, 1.165) is 28.3 Å². The second-order valence-corrected chi connectivity index (χ2v) is 6.44. The van der Waals surface area contributed by atoms with Gasteiger partial charge in [-0.2, -0.15) is 0 Å². The number of esters is 1. The number of rotatable bonds is 5. The van der Waals surface area contributed by atoms with E-state index >= 15 is 0 Å². The summed E-state index contributed by atoms with van der Waals surface area (Å²) in [5.74, 6) is 1.62. The van der Waals surface area contributed by atoms with Gasteiger partial charge in [0, 0.05) is 17.7 Å². The van der Waals surface area contributed by atoms with E-state index < -0.39 is 0 Å². The molecule has 0 fully saturated rings. The second kappa shape index (κ2) is 6.99. The van der Waals surface area contributed by atoms with E-state index in [9.17, 15) is 4.79 Å². The van der Waals surface area contributed by atoms with Crippen LogP contribution < -0.4 is 24.3 Å². The molecule has 2 heterocycles. The van der Waals surface area contributed by atoms with Crippen LogP contribution in [0.2, 0.25) is 0 Å². The molecule has 0 saturated carbocycles. The molecule has 0 saturated heterocycles. The Bertz CT molecular complexity index is 956. The van der Waals surface area contributed by atoms with Crippen LogP contribution in [-0.4, -0.2) is 41.0 Å². The van der Waals surface area contributed by atoms with Crippen molar-refractivity contribution in [3.8, 4) is 23.0 Å². The van der Waals surface area contributed by atoms with Crippen LogP contribution in [0.4, 0.5) is 5.69 Å². The Hall–Kier alpha value is -3.35. The highest BCUT2D eigenvalue weighted by Gasteiger charge is 2.39. The van der Waals surface area contributed by atoms with Gasteiger partial charge in [0.15, 0.2) is 11.5 Å². The summed E-state index contributed by atoms with van der Waals surface area (Å²) in [6, 6.07) is 9.46. The Morgan fingerprint density at radius 3 is 2.29 bits per heavy atom. The third-order valence-corrected chi connectivity index (χ3v) is 5.06. The summed E-state index contributed by atoms with van der Waals surface area (Å²) in [7, 11) is 6.31. The molecule has 28 heavy (non-hydrogen) atoms. The first-order chi connectivity index (χ1) is 13.6. The Morgan fingerprint density at radius 2 is 1.68 bits per heavy atom. The summed E-state index contributed by atoms with van der Waals surface area (Å²) in [5, 5.41) is 3.31. The largest absolute Gasteiger partial charge is 0.497 e. The molecule has 0 amide bonds. The van der Waals surface area contributed by atoms with Crippen molar-refractivity contribution in [3.63, 3.8) is 0 Å². The van der Waals surface area contributed by atoms with Crippen molar-refractivity contribution in [2.45, 2.75) is 5.92 Å². The van der Waals surface area contributed by atoms with Crippen LogP contribution in [0.3, 0.4) is 0 Å². The maximum atomic E-state index is 12.5. The van der Waals surface area contributed by atoms with E-state index in [1.165, 1.54) is 0 Å². The maximum absolute atomic E-state index is 12.5. The van der Waals surface area contributed by atoms with E-state index in [4.69, 9.17) is 23.7 Å². The van der Waals surface area contributed by atoms with E-state index in [0.29, 0.717) is 22.8 Å². The van der Waals surface area contributed by atoms with Gasteiger partial charge in [0.25, 0.3) is 0 Å². The average molecular weight is 383 g/mol. The van der Waals surface area contributed by atoms with Gasteiger partial charge in [0.05, 0.1) is 39.7 Å². The molecule has 0 radical (unpaired) electrons. The fraction of sp³-hybridized carbons (Fsp3) is 0.286. The molecule has 2 aromatic rings. The summed E-state index contributed by atoms with van der Waals surface area (Å²) in [5.41, 5.74) is 3.99. The summed E-state index contributed by atoms with van der Waals surface area (Å²) < 4.78 is 27.1. The SMILES string of the molecule is COc1ccc2c(c1)NC1=C(C(=O)OC1)[C@H]2c1cc(OC)c(OC)c(OC)c1. The number of ether oxygens (including phenoxy) is 5. The lowest BCUT2D eigenvalue weighted by Gasteiger charge is -2.28. The average Bonchev–Trinajstić information content (AvgIpc) is 3.10. The van der Waals surface area contributed by atoms with Gasteiger partial charge in [-0.25, -0.2) is 4.79 Å². The molecule has 2 aliphatic heterocycles. The zero-order valence-corrected chi connectivity index (χ0v) is 16.1. The van der Waals surface area contributed by atoms with Crippen LogP contribution in [0, 0.1) is 0 Å². The Morgan fingerprint density at radius 1 is 0.964 bits per heavy atom. The molecular weight excluding hydrogens is 362 g/mol. The number of hydrogen-bond acceptors (Lipinski definition) is 7. The van der Waals surface area contributed by atoms with Crippen LogP contribution in [0.5, 0.6) is 23.0 Å². The number of hydrogen-bond donors (Lipinski definition) is 1.